The highest BCUT2D eigenvalue weighted by molar-refractivity contribution is 6.09. The Kier molecular flexibility index (Phi) is 11.6. The molecule has 6 atom stereocenters. The molecule has 5 heterocycles. The van der Waals surface area contributed by atoms with Crippen molar-refractivity contribution in [1.29, 1.82) is 0 Å². The molecule has 0 unspecified atom stereocenters. The lowest BCUT2D eigenvalue weighted by Crippen LogP contribution is -2.64. The Labute approximate surface area is 438 Å². The highest BCUT2D eigenvalue weighted by atomic mass is 16.8. The number of para-hydroxylation sites is 1. The Morgan fingerprint density at radius 3 is 1.44 bits per heavy atom. The van der Waals surface area contributed by atoms with Crippen molar-refractivity contribution in [2.75, 3.05) is 6.61 Å². The molecule has 384 valence electrons. The Morgan fingerprint density at radius 2 is 0.961 bits per heavy atom. The van der Waals surface area contributed by atoms with Gasteiger partial charge in [-0.2, -0.15) is 0 Å². The second kappa shape index (κ2) is 18.8. The van der Waals surface area contributed by atoms with Gasteiger partial charge in [-0.25, -0.2) is 9.59 Å². The predicted octanol–water partition coefficient (Wildman–Crippen LogP) is 10.1. The van der Waals surface area contributed by atoms with Gasteiger partial charge in [-0.1, -0.05) is 164 Å². The zero-order valence-corrected chi connectivity index (χ0v) is 40.3. The zero-order valence-electron chi connectivity index (χ0n) is 40.3. The van der Waals surface area contributed by atoms with Gasteiger partial charge < -0.3 is 57.6 Å². The van der Waals surface area contributed by atoms with Crippen molar-refractivity contribution in [3.63, 3.8) is 0 Å². The number of esters is 2. The number of fused-ring (bicyclic) bond motifs is 10. The maximum atomic E-state index is 15.8. The third-order valence-electron chi connectivity index (χ3n) is 14.2. The molecule has 0 radical (unpaired) electrons. The molecule has 0 aliphatic carbocycles. The monoisotopic (exact) mass is 1030 g/mol. The van der Waals surface area contributed by atoms with Crippen molar-refractivity contribution in [2.24, 2.45) is 0 Å². The van der Waals surface area contributed by atoms with Crippen LogP contribution in [-0.2, 0) is 46.6 Å². The number of hydrogen-bond donors (Lipinski definition) is 2. The molecular formula is C60H43NO16. The molecule has 0 aromatic heterocycles. The van der Waals surface area contributed by atoms with Gasteiger partial charge in [0.1, 0.15) is 12.2 Å². The average molecular weight is 1030 g/mol. The fraction of sp³-hybridized carbons (Fsp3) is 0.167. The first-order valence-corrected chi connectivity index (χ1v) is 24.6. The van der Waals surface area contributed by atoms with E-state index in [9.17, 15) is 20.3 Å². The van der Waals surface area contributed by atoms with Crippen LogP contribution in [-0.4, -0.2) is 64.4 Å². The van der Waals surface area contributed by atoms with Crippen molar-refractivity contribution in [3.05, 3.63) is 243 Å². The maximum Gasteiger partial charge on any atom is 0.339 e. The number of carbonyl (C=O) groups is 2. The highest BCUT2D eigenvalue weighted by Gasteiger charge is 2.57. The van der Waals surface area contributed by atoms with Crippen LogP contribution in [0.3, 0.4) is 0 Å². The zero-order chi connectivity index (χ0) is 52.4. The molecule has 0 saturated carbocycles. The average Bonchev–Trinajstić information content (AvgIpc) is 4.10. The molecule has 5 aliphatic heterocycles. The van der Waals surface area contributed by atoms with Crippen molar-refractivity contribution >= 4 is 17.6 Å². The van der Waals surface area contributed by atoms with Crippen LogP contribution in [0.1, 0.15) is 60.4 Å². The normalized spacial score (nSPS) is 22.2. The van der Waals surface area contributed by atoms with Crippen LogP contribution in [0.25, 0.3) is 11.1 Å². The largest absolute Gasteiger partial charge is 0.504 e. The number of aromatic hydroxyl groups is 2. The van der Waals surface area contributed by atoms with Crippen LogP contribution < -0.4 is 18.9 Å². The van der Waals surface area contributed by atoms with E-state index in [2.05, 4.69) is 0 Å². The number of rotatable bonds is 9. The smallest absolute Gasteiger partial charge is 0.339 e. The number of nitro groups is 1. The summed E-state index contributed by atoms with van der Waals surface area (Å²) in [5.41, 5.74) is 1.42. The van der Waals surface area contributed by atoms with Crippen LogP contribution in [0.15, 0.2) is 188 Å². The number of phenolic OH excluding ortho intramolecular Hbond substituents is 2. The van der Waals surface area contributed by atoms with Crippen LogP contribution in [0.2, 0.25) is 0 Å². The molecule has 13 rings (SSSR count). The summed E-state index contributed by atoms with van der Waals surface area (Å²) in [5.74, 6) is -7.83. The lowest BCUT2D eigenvalue weighted by Gasteiger charge is -2.48. The molecule has 2 N–H and O–H groups in total. The summed E-state index contributed by atoms with van der Waals surface area (Å²) >= 11 is 0. The number of phenols is 2. The van der Waals surface area contributed by atoms with E-state index in [4.69, 9.17) is 47.4 Å². The first-order chi connectivity index (χ1) is 37.6. The third kappa shape index (κ3) is 7.94. The van der Waals surface area contributed by atoms with Crippen LogP contribution >= 0.6 is 0 Å². The maximum absolute atomic E-state index is 15.8. The van der Waals surface area contributed by atoms with Gasteiger partial charge in [0.2, 0.25) is 11.5 Å². The fourth-order valence-electron chi connectivity index (χ4n) is 10.6. The van der Waals surface area contributed by atoms with E-state index >= 15 is 9.59 Å². The standard InChI is InChI=1S/C60H43NO16/c62-43-30-40-46(51-48(43)74-59(76-51,36-21-8-2-9-22-36)37-23-10-3-11-24-37)47-41(31-44(63)49-52(47)77-60(75-49,38-25-12-4-13-26-38)39-27-14-5-15-28-39)56(65)72-54-53(71-55(40)64)50-45(33-69-57(73-50)34-18-6-1-7-19-34)70-58(54)68-32-35-20-16-17-29-42(35)61(66)67/h1-31,45,50,53-54,57-58,62-63H,32-33H2/t45-,50-,53+,54-,57-,58-/m1/s1. The summed E-state index contributed by atoms with van der Waals surface area (Å²) < 4.78 is 66.5. The van der Waals surface area contributed by atoms with E-state index in [1.807, 2.05) is 30.3 Å². The molecule has 2 fully saturated rings. The van der Waals surface area contributed by atoms with Crippen molar-refractivity contribution in [2.45, 2.75) is 55.2 Å². The lowest BCUT2D eigenvalue weighted by molar-refractivity contribution is -0.387. The van der Waals surface area contributed by atoms with Gasteiger partial charge in [0, 0.05) is 45.0 Å². The Bertz CT molecular complexity index is 3510. The number of benzene rings is 8. The minimum Gasteiger partial charge on any atom is -0.504 e. The minimum atomic E-state index is -1.82. The SMILES string of the molecule is O=C1O[C@@H]2[C@@H](OC(=O)c3cc(O)c4c(c3-c3c1cc(O)c1c3OC(c3ccccc3)(c3ccccc3)O1)OC(c1ccccc1)(c1ccccc1)O4)[C@H](OCc1ccccc1[N+](=O)[O-])O[C@@H]1CO[C@@H](c3ccccc3)O[C@@H]21. The molecular weight excluding hydrogens is 991 g/mol. The van der Waals surface area contributed by atoms with Crippen molar-refractivity contribution in [3.8, 4) is 45.6 Å². The van der Waals surface area contributed by atoms with Crippen LogP contribution in [0, 0.1) is 10.1 Å². The minimum absolute atomic E-state index is 0.133. The molecule has 5 aliphatic rings. The Hall–Kier alpha value is -9.26. The fourth-order valence-corrected chi connectivity index (χ4v) is 10.6. The van der Waals surface area contributed by atoms with E-state index in [0.29, 0.717) is 27.8 Å². The van der Waals surface area contributed by atoms with Crippen LogP contribution in [0.4, 0.5) is 5.69 Å². The van der Waals surface area contributed by atoms with Gasteiger partial charge in [-0.15, -0.1) is 0 Å². The van der Waals surface area contributed by atoms with Gasteiger partial charge in [0.15, 0.2) is 47.8 Å². The highest BCUT2D eigenvalue weighted by Crippen LogP contribution is 2.63. The number of carbonyl (C=O) groups excluding carboxylic acids is 2. The van der Waals surface area contributed by atoms with Gasteiger partial charge in [-0.05, 0) is 18.2 Å². The van der Waals surface area contributed by atoms with E-state index in [-0.39, 0.29) is 63.1 Å². The van der Waals surface area contributed by atoms with Gasteiger partial charge in [0.25, 0.3) is 5.69 Å². The topological polar surface area (TPSA) is 210 Å². The van der Waals surface area contributed by atoms with Gasteiger partial charge in [0.05, 0.1) is 34.8 Å². The van der Waals surface area contributed by atoms with Crippen LogP contribution in [0.5, 0.6) is 34.5 Å². The number of nitro benzene ring substituents is 1. The Balaban J connectivity index is 1.03. The van der Waals surface area contributed by atoms with E-state index in [0.717, 1.165) is 12.1 Å². The predicted molar refractivity (Wildman–Crippen MR) is 270 cm³/mol. The second-order valence-corrected chi connectivity index (χ2v) is 18.7. The third-order valence-corrected chi connectivity index (χ3v) is 14.2. The quantitative estimate of drug-likeness (QED) is 0.0782. The molecule has 17 nitrogen and oxygen atoms in total. The van der Waals surface area contributed by atoms with Crippen molar-refractivity contribution in [1.82, 2.24) is 0 Å². The van der Waals surface area contributed by atoms with Crippen molar-refractivity contribution < 1.29 is 72.1 Å². The lowest BCUT2D eigenvalue weighted by atomic mass is 9.90. The number of hydrogen-bond acceptors (Lipinski definition) is 16. The van der Waals surface area contributed by atoms with E-state index in [1.165, 1.54) is 18.2 Å². The first-order valence-electron chi connectivity index (χ1n) is 24.6. The number of ether oxygens (including phenoxy) is 10. The molecule has 2 saturated heterocycles. The number of nitrogens with zero attached hydrogens (tertiary/aromatic N) is 1. The molecule has 8 aromatic carbocycles. The summed E-state index contributed by atoms with van der Waals surface area (Å²) in [6.07, 6.45) is -8.15. The molecule has 8 aromatic rings. The summed E-state index contributed by atoms with van der Waals surface area (Å²) in [6, 6.07) is 53.0. The molecule has 0 bridgehead atoms. The molecule has 17 heteroatoms. The molecule has 77 heavy (non-hydrogen) atoms. The molecule has 0 amide bonds. The van der Waals surface area contributed by atoms with E-state index in [1.54, 1.807) is 127 Å². The van der Waals surface area contributed by atoms with Gasteiger partial charge in [-0.3, -0.25) is 10.1 Å². The Morgan fingerprint density at radius 1 is 0.532 bits per heavy atom. The summed E-state index contributed by atoms with van der Waals surface area (Å²) in [4.78, 5) is 43.1. The first kappa shape index (κ1) is 47.5. The van der Waals surface area contributed by atoms with Gasteiger partial charge >= 0.3 is 23.5 Å². The molecule has 0 spiro atoms. The summed E-state index contributed by atoms with van der Waals surface area (Å²) in [5, 5.41) is 36.7. The van der Waals surface area contributed by atoms with E-state index < -0.39 is 83.5 Å². The second-order valence-electron chi connectivity index (χ2n) is 18.7. The summed E-state index contributed by atoms with van der Waals surface area (Å²) in [7, 11) is 0. The summed E-state index contributed by atoms with van der Waals surface area (Å²) in [6.45, 7) is -0.559.